The van der Waals surface area contributed by atoms with Gasteiger partial charge in [-0.25, -0.2) is 5.43 Å². The van der Waals surface area contributed by atoms with E-state index < -0.39 is 0 Å². The normalized spacial score (nSPS) is 15.5. The zero-order valence-corrected chi connectivity index (χ0v) is 6.04. The summed E-state index contributed by atoms with van der Waals surface area (Å²) in [6, 6.07) is 0. The van der Waals surface area contributed by atoms with Gasteiger partial charge in [0, 0.05) is 0 Å². The second-order valence-electron chi connectivity index (χ2n) is 2.18. The molecule has 0 bridgehead atoms. The second-order valence-corrected chi connectivity index (χ2v) is 2.18. The maximum absolute atomic E-state index is 10.7. The zero-order valence-electron chi connectivity index (χ0n) is 6.04. The van der Waals surface area contributed by atoms with Gasteiger partial charge in [-0.3, -0.25) is 4.79 Å². The first-order valence-electron chi connectivity index (χ1n) is 3.36. The molecule has 1 heterocycles. The number of rotatable bonds is 3. The lowest BCUT2D eigenvalue weighted by Gasteiger charge is -2.14. The fourth-order valence-corrected chi connectivity index (χ4v) is 0.557. The lowest BCUT2D eigenvalue weighted by atomic mass is 10.3. The highest BCUT2D eigenvalue weighted by Gasteiger charge is 2.10. The maximum Gasteiger partial charge on any atom is 0.242 e. The maximum atomic E-state index is 10.7. The molecule has 0 saturated carbocycles. The largest absolute Gasteiger partial charge is 0.396 e. The SMILES string of the molecule is O=C(CCO)NN=C1COC1. The Morgan fingerprint density at radius 1 is 1.73 bits per heavy atom. The van der Waals surface area contributed by atoms with Crippen molar-refractivity contribution in [1.82, 2.24) is 5.43 Å². The van der Waals surface area contributed by atoms with Gasteiger partial charge in [0.2, 0.25) is 5.91 Å². The Kier molecular flexibility index (Phi) is 3.00. The van der Waals surface area contributed by atoms with Crippen molar-refractivity contribution in [3.8, 4) is 0 Å². The molecule has 5 nitrogen and oxygen atoms in total. The highest BCUT2D eigenvalue weighted by Crippen LogP contribution is 1.93. The molecular weight excluding hydrogens is 148 g/mol. The fraction of sp³-hybridized carbons (Fsp3) is 0.667. The minimum absolute atomic E-state index is 0.0949. The van der Waals surface area contributed by atoms with Gasteiger partial charge in [-0.1, -0.05) is 0 Å². The molecule has 2 N–H and O–H groups in total. The Morgan fingerprint density at radius 2 is 2.45 bits per heavy atom. The van der Waals surface area contributed by atoms with Crippen LogP contribution in [0.3, 0.4) is 0 Å². The summed E-state index contributed by atoms with van der Waals surface area (Å²) in [5.74, 6) is -0.271. The molecule has 5 heteroatoms. The number of carbonyl (C=O) groups excluding carboxylic acids is 1. The van der Waals surface area contributed by atoms with Crippen LogP contribution in [0, 0.1) is 0 Å². The lowest BCUT2D eigenvalue weighted by Crippen LogP contribution is -2.31. The van der Waals surface area contributed by atoms with Crippen LogP contribution in [0.5, 0.6) is 0 Å². The minimum atomic E-state index is -0.271. The molecular formula is C6H10N2O3. The molecule has 1 amide bonds. The third-order valence-electron chi connectivity index (χ3n) is 1.21. The van der Waals surface area contributed by atoms with E-state index in [1.807, 2.05) is 0 Å². The van der Waals surface area contributed by atoms with E-state index in [1.54, 1.807) is 0 Å². The van der Waals surface area contributed by atoms with Gasteiger partial charge in [0.1, 0.15) is 0 Å². The van der Waals surface area contributed by atoms with Crippen molar-refractivity contribution in [2.24, 2.45) is 5.10 Å². The number of amides is 1. The molecule has 0 aliphatic carbocycles. The average Bonchev–Trinajstić information content (AvgIpc) is 1.85. The van der Waals surface area contributed by atoms with Crippen molar-refractivity contribution < 1.29 is 14.6 Å². The van der Waals surface area contributed by atoms with Crippen LogP contribution in [0.2, 0.25) is 0 Å². The van der Waals surface area contributed by atoms with Crippen molar-refractivity contribution in [3.05, 3.63) is 0 Å². The highest BCUT2D eigenvalue weighted by molar-refractivity contribution is 5.91. The summed E-state index contributed by atoms with van der Waals surface area (Å²) >= 11 is 0. The third-order valence-corrected chi connectivity index (χ3v) is 1.21. The molecule has 11 heavy (non-hydrogen) atoms. The molecule has 1 fully saturated rings. The molecule has 1 rings (SSSR count). The first-order valence-corrected chi connectivity index (χ1v) is 3.36. The van der Waals surface area contributed by atoms with Gasteiger partial charge < -0.3 is 9.84 Å². The van der Waals surface area contributed by atoms with Crippen molar-refractivity contribution in [3.63, 3.8) is 0 Å². The molecule has 0 aromatic rings. The Morgan fingerprint density at radius 3 is 2.91 bits per heavy atom. The van der Waals surface area contributed by atoms with Gasteiger partial charge in [0.25, 0.3) is 0 Å². The Hall–Kier alpha value is -0.940. The van der Waals surface area contributed by atoms with Crippen LogP contribution in [-0.2, 0) is 9.53 Å². The summed E-state index contributed by atoms with van der Waals surface area (Å²) in [5.41, 5.74) is 3.12. The van der Waals surface area contributed by atoms with Gasteiger partial charge in [0.05, 0.1) is 32.0 Å². The predicted octanol–water partition coefficient (Wildman–Crippen LogP) is -1.13. The third kappa shape index (κ3) is 2.65. The van der Waals surface area contributed by atoms with E-state index in [2.05, 4.69) is 10.5 Å². The molecule has 0 radical (unpaired) electrons. The molecule has 0 aromatic carbocycles. The molecule has 0 aromatic heterocycles. The van der Waals surface area contributed by atoms with Gasteiger partial charge in [-0.2, -0.15) is 5.10 Å². The number of hydrazone groups is 1. The summed E-state index contributed by atoms with van der Waals surface area (Å²) in [5, 5.41) is 12.1. The van der Waals surface area contributed by atoms with E-state index >= 15 is 0 Å². The smallest absolute Gasteiger partial charge is 0.242 e. The Balaban J connectivity index is 2.14. The van der Waals surface area contributed by atoms with E-state index in [0.29, 0.717) is 13.2 Å². The van der Waals surface area contributed by atoms with E-state index in [1.165, 1.54) is 0 Å². The Labute approximate surface area is 64.0 Å². The van der Waals surface area contributed by atoms with Gasteiger partial charge in [-0.15, -0.1) is 0 Å². The van der Waals surface area contributed by atoms with Gasteiger partial charge in [0.15, 0.2) is 0 Å². The van der Waals surface area contributed by atoms with Crippen LogP contribution in [0.15, 0.2) is 5.10 Å². The topological polar surface area (TPSA) is 70.9 Å². The van der Waals surface area contributed by atoms with Crippen molar-refractivity contribution in [1.29, 1.82) is 0 Å². The first-order chi connectivity index (χ1) is 5.33. The number of hydrogen-bond acceptors (Lipinski definition) is 4. The van der Waals surface area contributed by atoms with Crippen molar-refractivity contribution in [2.75, 3.05) is 19.8 Å². The van der Waals surface area contributed by atoms with Crippen LogP contribution >= 0.6 is 0 Å². The minimum Gasteiger partial charge on any atom is -0.396 e. The standard InChI is InChI=1S/C6H10N2O3/c9-2-1-6(10)8-7-5-3-11-4-5/h9H,1-4H2,(H,8,10). The van der Waals surface area contributed by atoms with Crippen LogP contribution in [-0.4, -0.2) is 36.5 Å². The number of nitrogens with one attached hydrogen (secondary N) is 1. The summed E-state index contributed by atoms with van der Waals surface area (Å²) in [4.78, 5) is 10.7. The molecule has 0 spiro atoms. The summed E-state index contributed by atoms with van der Waals surface area (Å²) < 4.78 is 4.80. The number of aliphatic hydroxyl groups is 1. The van der Waals surface area contributed by atoms with Crippen molar-refractivity contribution >= 4 is 11.6 Å². The lowest BCUT2D eigenvalue weighted by molar-refractivity contribution is -0.121. The summed E-state index contributed by atoms with van der Waals surface area (Å²) in [7, 11) is 0. The zero-order chi connectivity index (χ0) is 8.10. The number of ether oxygens (including phenoxy) is 1. The van der Waals surface area contributed by atoms with E-state index in [4.69, 9.17) is 9.84 Å². The molecule has 0 atom stereocenters. The molecule has 1 aliphatic rings. The van der Waals surface area contributed by atoms with Crippen LogP contribution in [0.1, 0.15) is 6.42 Å². The fourth-order valence-electron chi connectivity index (χ4n) is 0.557. The van der Waals surface area contributed by atoms with Crippen molar-refractivity contribution in [2.45, 2.75) is 6.42 Å². The van der Waals surface area contributed by atoms with Crippen LogP contribution in [0.25, 0.3) is 0 Å². The van der Waals surface area contributed by atoms with Crippen LogP contribution in [0.4, 0.5) is 0 Å². The summed E-state index contributed by atoms with van der Waals surface area (Å²) in [6.07, 6.45) is 0.0949. The number of hydrogen-bond donors (Lipinski definition) is 2. The monoisotopic (exact) mass is 158 g/mol. The molecule has 0 unspecified atom stereocenters. The number of carbonyl (C=O) groups is 1. The van der Waals surface area contributed by atoms with E-state index in [9.17, 15) is 4.79 Å². The quantitative estimate of drug-likeness (QED) is 0.510. The van der Waals surface area contributed by atoms with E-state index in [-0.39, 0.29) is 18.9 Å². The Bertz CT molecular complexity index is 173. The number of nitrogens with zero attached hydrogens (tertiary/aromatic N) is 1. The highest BCUT2D eigenvalue weighted by atomic mass is 16.5. The number of aliphatic hydroxyl groups excluding tert-OH is 1. The summed E-state index contributed by atoms with van der Waals surface area (Å²) in [6.45, 7) is 0.853. The van der Waals surface area contributed by atoms with E-state index in [0.717, 1.165) is 5.71 Å². The second kappa shape index (κ2) is 4.05. The van der Waals surface area contributed by atoms with Gasteiger partial charge >= 0.3 is 0 Å². The molecule has 62 valence electrons. The first kappa shape index (κ1) is 8.16. The predicted molar refractivity (Wildman–Crippen MR) is 38.1 cm³/mol. The average molecular weight is 158 g/mol. The molecule has 1 saturated heterocycles. The van der Waals surface area contributed by atoms with Crippen LogP contribution < -0.4 is 5.43 Å². The van der Waals surface area contributed by atoms with Gasteiger partial charge in [-0.05, 0) is 0 Å². The molecule has 1 aliphatic heterocycles.